The molecular formula is C13H15NO5. The Balaban J connectivity index is 2.72. The number of nitrogens with one attached hydrogen (secondary N) is 1. The molecule has 0 aromatic heterocycles. The summed E-state index contributed by atoms with van der Waals surface area (Å²) in [7, 11) is 0. The first-order valence-electron chi connectivity index (χ1n) is 5.71. The van der Waals surface area contributed by atoms with Crippen LogP contribution in [0.4, 0.5) is 0 Å². The van der Waals surface area contributed by atoms with Gasteiger partial charge in [-0.2, -0.15) is 0 Å². The second-order valence-corrected chi connectivity index (χ2v) is 4.13. The van der Waals surface area contributed by atoms with Crippen LogP contribution in [0.3, 0.4) is 0 Å². The molecule has 0 aliphatic carbocycles. The molecule has 0 aliphatic heterocycles. The van der Waals surface area contributed by atoms with Crippen LogP contribution in [0.25, 0.3) is 0 Å². The Kier molecular flexibility index (Phi) is 5.05. The van der Waals surface area contributed by atoms with Crippen molar-refractivity contribution >= 4 is 17.8 Å². The molecule has 2 atom stereocenters. The van der Waals surface area contributed by atoms with E-state index < -0.39 is 36.2 Å². The van der Waals surface area contributed by atoms with Crippen molar-refractivity contribution < 1.29 is 24.6 Å². The molecule has 6 heteroatoms. The van der Waals surface area contributed by atoms with Gasteiger partial charge in [-0.15, -0.1) is 0 Å². The molecule has 1 aromatic carbocycles. The number of carboxylic acids is 2. The van der Waals surface area contributed by atoms with Crippen molar-refractivity contribution in [1.82, 2.24) is 5.32 Å². The van der Waals surface area contributed by atoms with Crippen molar-refractivity contribution in [3.05, 3.63) is 35.9 Å². The minimum absolute atomic E-state index is 0.514. The first kappa shape index (κ1) is 14.7. The summed E-state index contributed by atoms with van der Waals surface area (Å²) in [5, 5.41) is 19.7. The Morgan fingerprint density at radius 1 is 1.16 bits per heavy atom. The molecule has 3 N–H and O–H groups in total. The molecule has 6 nitrogen and oxygen atoms in total. The molecule has 19 heavy (non-hydrogen) atoms. The topological polar surface area (TPSA) is 104 Å². The molecule has 0 saturated heterocycles. The minimum Gasteiger partial charge on any atom is -0.481 e. The SMILES string of the molecule is CC(C(=O)N[C@H](CC(=O)O)C(=O)O)c1ccccc1. The van der Waals surface area contributed by atoms with Gasteiger partial charge in [0.2, 0.25) is 5.91 Å². The fraction of sp³-hybridized carbons (Fsp3) is 0.308. The average molecular weight is 265 g/mol. The van der Waals surface area contributed by atoms with Crippen LogP contribution < -0.4 is 5.32 Å². The van der Waals surface area contributed by atoms with E-state index in [2.05, 4.69) is 5.32 Å². The first-order chi connectivity index (χ1) is 8.91. The standard InChI is InChI=1S/C13H15NO5/c1-8(9-5-3-2-4-6-9)12(17)14-10(13(18)19)7-11(15)16/h2-6,8,10H,7H2,1H3,(H,14,17)(H,15,16)(H,18,19)/t8?,10-/m1/s1. The summed E-state index contributed by atoms with van der Waals surface area (Å²) in [6, 6.07) is 7.42. The van der Waals surface area contributed by atoms with Crippen LogP contribution in [0, 0.1) is 0 Å². The van der Waals surface area contributed by atoms with E-state index >= 15 is 0 Å². The number of aliphatic carboxylic acids is 2. The lowest BCUT2D eigenvalue weighted by Gasteiger charge is -2.16. The van der Waals surface area contributed by atoms with Crippen molar-refractivity contribution in [3.63, 3.8) is 0 Å². The average Bonchev–Trinajstić information content (AvgIpc) is 2.37. The number of hydrogen-bond donors (Lipinski definition) is 3. The van der Waals surface area contributed by atoms with Gasteiger partial charge in [0.05, 0.1) is 12.3 Å². The van der Waals surface area contributed by atoms with Gasteiger partial charge in [-0.1, -0.05) is 30.3 Å². The van der Waals surface area contributed by atoms with E-state index in [0.717, 1.165) is 5.56 Å². The maximum atomic E-state index is 11.9. The maximum Gasteiger partial charge on any atom is 0.326 e. The quantitative estimate of drug-likeness (QED) is 0.707. The maximum absolute atomic E-state index is 11.9. The van der Waals surface area contributed by atoms with E-state index in [1.54, 1.807) is 37.3 Å². The van der Waals surface area contributed by atoms with Crippen LogP contribution in [0.2, 0.25) is 0 Å². The lowest BCUT2D eigenvalue weighted by molar-refractivity contribution is -0.147. The zero-order valence-corrected chi connectivity index (χ0v) is 10.4. The zero-order chi connectivity index (χ0) is 14.4. The normalized spacial score (nSPS) is 13.3. The molecule has 1 rings (SSSR count). The first-order valence-corrected chi connectivity index (χ1v) is 5.71. The summed E-state index contributed by atoms with van der Waals surface area (Å²) in [5.74, 6) is -3.70. The van der Waals surface area contributed by atoms with Gasteiger partial charge in [0.25, 0.3) is 0 Å². The Bertz CT molecular complexity index is 471. The Hall–Kier alpha value is -2.37. The highest BCUT2D eigenvalue weighted by atomic mass is 16.4. The molecule has 0 radical (unpaired) electrons. The lowest BCUT2D eigenvalue weighted by atomic mass is 10.00. The van der Waals surface area contributed by atoms with Crippen molar-refractivity contribution in [3.8, 4) is 0 Å². The molecule has 0 saturated carbocycles. The molecule has 0 spiro atoms. The molecule has 1 aromatic rings. The summed E-state index contributed by atoms with van der Waals surface area (Å²) in [5.41, 5.74) is 0.736. The Morgan fingerprint density at radius 3 is 2.21 bits per heavy atom. The Morgan fingerprint density at radius 2 is 1.74 bits per heavy atom. The third-order valence-corrected chi connectivity index (χ3v) is 2.69. The highest BCUT2D eigenvalue weighted by molar-refractivity contribution is 5.89. The summed E-state index contributed by atoms with van der Waals surface area (Å²) in [6.07, 6.45) is -0.650. The van der Waals surface area contributed by atoms with Crippen molar-refractivity contribution in [2.75, 3.05) is 0 Å². The van der Waals surface area contributed by atoms with Crippen LogP contribution in [-0.4, -0.2) is 34.1 Å². The van der Waals surface area contributed by atoms with E-state index in [1.807, 2.05) is 0 Å². The van der Waals surface area contributed by atoms with Gasteiger partial charge in [-0.3, -0.25) is 9.59 Å². The summed E-state index contributed by atoms with van der Waals surface area (Å²) >= 11 is 0. The molecule has 0 fully saturated rings. The van der Waals surface area contributed by atoms with Gasteiger partial charge in [0.1, 0.15) is 6.04 Å². The van der Waals surface area contributed by atoms with Crippen molar-refractivity contribution in [2.45, 2.75) is 25.3 Å². The predicted molar refractivity (Wildman–Crippen MR) is 66.7 cm³/mol. The lowest BCUT2D eigenvalue weighted by Crippen LogP contribution is -2.43. The number of carboxylic acid groups (broad SMARTS) is 2. The highest BCUT2D eigenvalue weighted by Crippen LogP contribution is 2.14. The van der Waals surface area contributed by atoms with Gasteiger partial charge in [0.15, 0.2) is 0 Å². The van der Waals surface area contributed by atoms with E-state index in [-0.39, 0.29) is 0 Å². The summed E-state index contributed by atoms with van der Waals surface area (Å²) in [4.78, 5) is 33.2. The van der Waals surface area contributed by atoms with Gasteiger partial charge in [-0.25, -0.2) is 4.79 Å². The summed E-state index contributed by atoms with van der Waals surface area (Å²) in [6.45, 7) is 1.63. The van der Waals surface area contributed by atoms with Gasteiger partial charge >= 0.3 is 11.9 Å². The van der Waals surface area contributed by atoms with Crippen LogP contribution in [0.15, 0.2) is 30.3 Å². The summed E-state index contributed by atoms with van der Waals surface area (Å²) < 4.78 is 0. The fourth-order valence-corrected chi connectivity index (χ4v) is 1.56. The van der Waals surface area contributed by atoms with E-state index in [1.165, 1.54) is 0 Å². The molecule has 0 heterocycles. The molecule has 102 valence electrons. The molecule has 1 unspecified atom stereocenters. The van der Waals surface area contributed by atoms with Gasteiger partial charge < -0.3 is 15.5 Å². The molecule has 0 aliphatic rings. The minimum atomic E-state index is -1.42. The number of amides is 1. The largest absolute Gasteiger partial charge is 0.481 e. The van der Waals surface area contributed by atoms with Crippen molar-refractivity contribution in [1.29, 1.82) is 0 Å². The van der Waals surface area contributed by atoms with Crippen LogP contribution in [-0.2, 0) is 14.4 Å². The van der Waals surface area contributed by atoms with E-state index in [9.17, 15) is 14.4 Å². The van der Waals surface area contributed by atoms with Crippen molar-refractivity contribution in [2.24, 2.45) is 0 Å². The molecular weight excluding hydrogens is 250 g/mol. The highest BCUT2D eigenvalue weighted by Gasteiger charge is 2.25. The van der Waals surface area contributed by atoms with Crippen LogP contribution in [0.5, 0.6) is 0 Å². The van der Waals surface area contributed by atoms with Crippen LogP contribution >= 0.6 is 0 Å². The monoisotopic (exact) mass is 265 g/mol. The zero-order valence-electron chi connectivity index (χ0n) is 10.4. The van der Waals surface area contributed by atoms with E-state index in [4.69, 9.17) is 10.2 Å². The predicted octanol–water partition coefficient (Wildman–Crippen LogP) is 0.834. The molecule has 1 amide bonds. The number of carbonyl (C=O) groups excluding carboxylic acids is 1. The number of rotatable bonds is 6. The third kappa shape index (κ3) is 4.42. The fourth-order valence-electron chi connectivity index (χ4n) is 1.56. The third-order valence-electron chi connectivity index (χ3n) is 2.69. The van der Waals surface area contributed by atoms with Gasteiger partial charge in [-0.05, 0) is 12.5 Å². The molecule has 0 bridgehead atoms. The second kappa shape index (κ2) is 6.53. The Labute approximate surface area is 110 Å². The number of hydrogen-bond acceptors (Lipinski definition) is 3. The number of benzene rings is 1. The van der Waals surface area contributed by atoms with Gasteiger partial charge in [0, 0.05) is 0 Å². The second-order valence-electron chi connectivity index (χ2n) is 4.13. The van der Waals surface area contributed by atoms with Crippen LogP contribution in [0.1, 0.15) is 24.8 Å². The number of carbonyl (C=O) groups is 3. The smallest absolute Gasteiger partial charge is 0.326 e. The van der Waals surface area contributed by atoms with E-state index in [0.29, 0.717) is 0 Å².